The molecule has 1 aromatic heterocycles. The Labute approximate surface area is 125 Å². The molecular weight excluding hydrogens is 266 g/mol. The van der Waals surface area contributed by atoms with Gasteiger partial charge >= 0.3 is 0 Å². The number of rotatable bonds is 6. The SMILES string of the molecule is CC[C@@H](NC[C@@](C)(O)c1cnn(C)c1)c1ccccc1O. The number of benzene rings is 1. The van der Waals surface area contributed by atoms with Crippen molar-refractivity contribution in [3.63, 3.8) is 0 Å². The molecule has 114 valence electrons. The molecular formula is C16H23N3O2. The van der Waals surface area contributed by atoms with Crippen molar-refractivity contribution >= 4 is 0 Å². The van der Waals surface area contributed by atoms with Crippen LogP contribution < -0.4 is 5.32 Å². The van der Waals surface area contributed by atoms with Crippen molar-refractivity contribution in [3.05, 3.63) is 47.8 Å². The summed E-state index contributed by atoms with van der Waals surface area (Å²) in [5.74, 6) is 0.276. The average molecular weight is 289 g/mol. The third-order valence-electron chi connectivity index (χ3n) is 3.74. The van der Waals surface area contributed by atoms with Crippen molar-refractivity contribution in [2.24, 2.45) is 7.05 Å². The minimum atomic E-state index is -1.01. The number of nitrogens with zero attached hydrogens (tertiary/aromatic N) is 2. The van der Waals surface area contributed by atoms with Gasteiger partial charge in [-0.05, 0) is 19.4 Å². The van der Waals surface area contributed by atoms with E-state index >= 15 is 0 Å². The minimum absolute atomic E-state index is 0.00523. The van der Waals surface area contributed by atoms with Crippen LogP contribution in [0.25, 0.3) is 0 Å². The quantitative estimate of drug-likeness (QED) is 0.761. The number of para-hydroxylation sites is 1. The van der Waals surface area contributed by atoms with Gasteiger partial charge in [0.05, 0.1) is 6.20 Å². The molecule has 5 heteroatoms. The molecule has 2 atom stereocenters. The lowest BCUT2D eigenvalue weighted by Gasteiger charge is -2.26. The Bertz CT molecular complexity index is 593. The first-order chi connectivity index (χ1) is 9.94. The van der Waals surface area contributed by atoms with Gasteiger partial charge in [-0.1, -0.05) is 25.1 Å². The maximum absolute atomic E-state index is 10.6. The predicted octanol–water partition coefficient (Wildman–Crippen LogP) is 2.07. The molecule has 21 heavy (non-hydrogen) atoms. The van der Waals surface area contributed by atoms with Gasteiger partial charge in [-0.15, -0.1) is 0 Å². The highest BCUT2D eigenvalue weighted by molar-refractivity contribution is 5.34. The van der Waals surface area contributed by atoms with E-state index in [1.165, 1.54) is 0 Å². The van der Waals surface area contributed by atoms with E-state index < -0.39 is 5.60 Å². The summed E-state index contributed by atoms with van der Waals surface area (Å²) in [6.45, 7) is 4.18. The molecule has 1 heterocycles. The Balaban J connectivity index is 2.08. The van der Waals surface area contributed by atoms with Gasteiger partial charge in [0.25, 0.3) is 0 Å². The number of hydrogen-bond donors (Lipinski definition) is 3. The molecule has 2 rings (SSSR count). The third-order valence-corrected chi connectivity index (χ3v) is 3.74. The van der Waals surface area contributed by atoms with Crippen LogP contribution in [0.1, 0.15) is 37.4 Å². The molecule has 1 aromatic carbocycles. The fraction of sp³-hybridized carbons (Fsp3) is 0.438. The molecule has 0 aliphatic heterocycles. The summed E-state index contributed by atoms with van der Waals surface area (Å²) in [5, 5.41) is 27.9. The zero-order valence-corrected chi connectivity index (χ0v) is 12.7. The largest absolute Gasteiger partial charge is 0.508 e. The van der Waals surface area contributed by atoms with Gasteiger partial charge in [0.1, 0.15) is 11.4 Å². The normalized spacial score (nSPS) is 15.6. The number of aliphatic hydroxyl groups is 1. The minimum Gasteiger partial charge on any atom is -0.508 e. The highest BCUT2D eigenvalue weighted by Crippen LogP contribution is 2.27. The summed E-state index contributed by atoms with van der Waals surface area (Å²) in [6.07, 6.45) is 4.30. The Hall–Kier alpha value is -1.85. The molecule has 5 nitrogen and oxygen atoms in total. The summed E-state index contributed by atoms with van der Waals surface area (Å²) >= 11 is 0. The van der Waals surface area contributed by atoms with Gasteiger partial charge in [-0.2, -0.15) is 5.10 Å². The fourth-order valence-corrected chi connectivity index (χ4v) is 2.38. The molecule has 0 radical (unpaired) electrons. The van der Waals surface area contributed by atoms with Gasteiger partial charge in [-0.25, -0.2) is 0 Å². The van der Waals surface area contributed by atoms with Crippen molar-refractivity contribution < 1.29 is 10.2 Å². The summed E-state index contributed by atoms with van der Waals surface area (Å²) < 4.78 is 1.67. The lowest BCUT2D eigenvalue weighted by molar-refractivity contribution is 0.0534. The maximum Gasteiger partial charge on any atom is 0.120 e. The van der Waals surface area contributed by atoms with Gasteiger partial charge in [-0.3, -0.25) is 4.68 Å². The smallest absolute Gasteiger partial charge is 0.120 e. The van der Waals surface area contributed by atoms with Crippen LogP contribution in [0.2, 0.25) is 0 Å². The number of hydrogen-bond acceptors (Lipinski definition) is 4. The van der Waals surface area contributed by atoms with Crippen molar-refractivity contribution in [2.45, 2.75) is 31.9 Å². The number of nitrogens with one attached hydrogen (secondary N) is 1. The molecule has 0 saturated heterocycles. The van der Waals surface area contributed by atoms with Crippen LogP contribution in [0.4, 0.5) is 0 Å². The Morgan fingerprint density at radius 1 is 1.38 bits per heavy atom. The molecule has 0 aliphatic carbocycles. The van der Waals surface area contributed by atoms with Crippen LogP contribution in [-0.2, 0) is 12.6 Å². The summed E-state index contributed by atoms with van der Waals surface area (Å²) in [4.78, 5) is 0. The second-order valence-electron chi connectivity index (χ2n) is 5.58. The van der Waals surface area contributed by atoms with E-state index in [1.807, 2.05) is 32.3 Å². The van der Waals surface area contributed by atoms with Crippen LogP contribution in [0.15, 0.2) is 36.7 Å². The van der Waals surface area contributed by atoms with E-state index in [4.69, 9.17) is 0 Å². The second-order valence-corrected chi connectivity index (χ2v) is 5.58. The van der Waals surface area contributed by atoms with Gasteiger partial charge in [0.2, 0.25) is 0 Å². The number of phenols is 1. The summed E-state index contributed by atoms with van der Waals surface area (Å²) in [7, 11) is 1.82. The third kappa shape index (κ3) is 3.62. The highest BCUT2D eigenvalue weighted by Gasteiger charge is 2.26. The van der Waals surface area contributed by atoms with E-state index in [0.717, 1.165) is 17.5 Å². The predicted molar refractivity (Wildman–Crippen MR) is 81.9 cm³/mol. The number of aromatic nitrogens is 2. The van der Waals surface area contributed by atoms with Gasteiger partial charge in [0.15, 0.2) is 0 Å². The highest BCUT2D eigenvalue weighted by atomic mass is 16.3. The first-order valence-electron chi connectivity index (χ1n) is 7.17. The van der Waals surface area contributed by atoms with Crippen molar-refractivity contribution in [2.75, 3.05) is 6.54 Å². The Morgan fingerprint density at radius 3 is 2.67 bits per heavy atom. The molecule has 0 spiro atoms. The molecule has 0 saturated carbocycles. The average Bonchev–Trinajstić information content (AvgIpc) is 2.89. The summed E-state index contributed by atoms with van der Waals surface area (Å²) in [6, 6.07) is 7.28. The zero-order chi connectivity index (χ0) is 15.5. The van der Waals surface area contributed by atoms with Crippen LogP contribution in [0.5, 0.6) is 5.75 Å². The number of aromatic hydroxyl groups is 1. The Morgan fingerprint density at radius 2 is 2.10 bits per heavy atom. The van der Waals surface area contributed by atoms with Crippen LogP contribution in [0, 0.1) is 0 Å². The fourth-order valence-electron chi connectivity index (χ4n) is 2.38. The molecule has 3 N–H and O–H groups in total. The molecule has 2 aromatic rings. The Kier molecular flexibility index (Phi) is 4.65. The number of aryl methyl sites for hydroxylation is 1. The van der Waals surface area contributed by atoms with Crippen LogP contribution in [-0.4, -0.2) is 26.5 Å². The molecule has 0 fully saturated rings. The zero-order valence-electron chi connectivity index (χ0n) is 12.7. The van der Waals surface area contributed by atoms with Crippen molar-refractivity contribution in [3.8, 4) is 5.75 Å². The molecule has 0 bridgehead atoms. The van der Waals surface area contributed by atoms with Crippen LogP contribution >= 0.6 is 0 Å². The molecule has 0 aliphatic rings. The standard InChI is InChI=1S/C16H23N3O2/c1-4-14(13-7-5-6-8-15(13)20)17-11-16(2,21)12-9-18-19(3)10-12/h5-10,14,17,20-21H,4,11H2,1-3H3/t14-,16-/m1/s1. The molecule has 0 unspecified atom stereocenters. The van der Waals surface area contributed by atoms with Crippen LogP contribution in [0.3, 0.4) is 0 Å². The topological polar surface area (TPSA) is 70.3 Å². The summed E-state index contributed by atoms with van der Waals surface area (Å²) in [5.41, 5.74) is 0.609. The van der Waals surface area contributed by atoms with E-state index in [-0.39, 0.29) is 11.8 Å². The van der Waals surface area contributed by atoms with Gasteiger partial charge < -0.3 is 15.5 Å². The lowest BCUT2D eigenvalue weighted by atomic mass is 9.97. The van der Waals surface area contributed by atoms with E-state index in [2.05, 4.69) is 10.4 Å². The first kappa shape index (κ1) is 15.5. The van der Waals surface area contributed by atoms with E-state index in [9.17, 15) is 10.2 Å². The lowest BCUT2D eigenvalue weighted by Crippen LogP contribution is -2.37. The van der Waals surface area contributed by atoms with E-state index in [0.29, 0.717) is 6.54 Å². The van der Waals surface area contributed by atoms with E-state index in [1.54, 1.807) is 29.9 Å². The number of phenolic OH excluding ortho intramolecular Hbond substituents is 1. The second kappa shape index (κ2) is 6.28. The van der Waals surface area contributed by atoms with Crippen molar-refractivity contribution in [1.82, 2.24) is 15.1 Å². The maximum atomic E-state index is 10.6. The van der Waals surface area contributed by atoms with Gasteiger partial charge in [0, 0.05) is 37.0 Å². The molecule has 0 amide bonds. The monoisotopic (exact) mass is 289 g/mol. The first-order valence-corrected chi connectivity index (χ1v) is 7.17. The van der Waals surface area contributed by atoms with Crippen molar-refractivity contribution in [1.29, 1.82) is 0 Å².